The summed E-state index contributed by atoms with van der Waals surface area (Å²) in [6, 6.07) is 16.0. The molecule has 4 aromatic rings. The van der Waals surface area contributed by atoms with E-state index in [-0.39, 0.29) is 74.7 Å². The van der Waals surface area contributed by atoms with Crippen molar-refractivity contribution in [3.8, 4) is 16.2 Å². The molecule has 5 N–H and O–H groups in total. The second kappa shape index (κ2) is 19.1. The molecule has 0 aliphatic carbocycles. The number of carboxylic acids is 2. The third-order valence-electron chi connectivity index (χ3n) is 13.2. The fraction of sp³-hybridized carbons (Fsp3) is 0.404. The number of thiophene rings is 1. The van der Waals surface area contributed by atoms with Gasteiger partial charge in [0, 0.05) is 56.1 Å². The SMILES string of the molecule is CN1C(=O)C(C2CCC(=O)NC2=O)c2ccc(C3CCN(C(=O)Nc4cccc(CS(=O)(=O)N5CC[C@@H](Nc6cc(-c7sc(C(=O)O)c(OCC(=O)O)c7Cl)ccc6F)CC5(C)C)c4)CC3)cc21. The van der Waals surface area contributed by atoms with Crippen LogP contribution < -0.4 is 25.6 Å². The summed E-state index contributed by atoms with van der Waals surface area (Å²) < 4.78 is 49.9. The summed E-state index contributed by atoms with van der Waals surface area (Å²) in [5, 5.41) is 27.1. The van der Waals surface area contributed by atoms with E-state index < -0.39 is 57.7 Å². The average Bonchev–Trinajstić information content (AvgIpc) is 3.74. The van der Waals surface area contributed by atoms with Crippen LogP contribution in [0.25, 0.3) is 10.4 Å². The van der Waals surface area contributed by atoms with Gasteiger partial charge in [-0.3, -0.25) is 19.7 Å². The van der Waals surface area contributed by atoms with Crippen LogP contribution in [0.5, 0.6) is 5.75 Å². The van der Waals surface area contributed by atoms with E-state index in [9.17, 15) is 42.3 Å². The first-order chi connectivity index (χ1) is 32.2. The predicted molar refractivity (Wildman–Crippen MR) is 252 cm³/mol. The van der Waals surface area contributed by atoms with E-state index in [1.165, 1.54) is 22.5 Å². The molecule has 4 aliphatic rings. The number of likely N-dealkylation sites (N-methyl/N-ethyl adjacent to an activating group) is 1. The molecule has 0 saturated carbocycles. The van der Waals surface area contributed by atoms with Crippen molar-refractivity contribution < 1.29 is 56.5 Å². The van der Waals surface area contributed by atoms with Crippen LogP contribution in [0.1, 0.15) is 90.6 Å². The van der Waals surface area contributed by atoms with Crippen molar-refractivity contribution in [2.75, 3.05) is 48.8 Å². The molecule has 0 radical (unpaired) electrons. The molecule has 17 nitrogen and oxygen atoms in total. The Hall–Kier alpha value is -6.09. The maximum Gasteiger partial charge on any atom is 0.349 e. The standard InChI is InChI=1S/C47H50ClFN6O11S2/c1-47(2)22-30(50-34-20-28(8-11-33(34)49)41-39(48)40(66-23-37(57)58)42(67-41)45(61)62)15-18-55(47)68(64,65)24-25-5-4-6-29(19-25)51-46(63)54-16-13-26(14-17-54)27-7-9-31-35(21-27)53(3)44(60)38(31)32-10-12-36(56)52-43(32)59/h4-9,11,19-21,26,30,32,38,50H,10,12-18,22-24H2,1-3H3,(H,51,63)(H,57,58)(H,61,62)(H,52,56,59)/t30-,32?,38?/m1/s1. The number of hydrogen-bond acceptors (Lipinski definition) is 11. The number of nitrogens with one attached hydrogen (secondary N) is 3. The van der Waals surface area contributed by atoms with Gasteiger partial charge >= 0.3 is 18.0 Å². The third-order valence-corrected chi connectivity index (χ3v) is 16.9. The van der Waals surface area contributed by atoms with Crippen LogP contribution in [-0.2, 0) is 35.0 Å². The van der Waals surface area contributed by atoms with E-state index in [1.54, 1.807) is 55.0 Å². The Kier molecular flexibility index (Phi) is 13.6. The molecular weight excluding hydrogens is 943 g/mol. The van der Waals surface area contributed by atoms with Gasteiger partial charge in [0.15, 0.2) is 17.2 Å². The number of likely N-dealkylation sites (tertiary alicyclic amines) is 1. The molecule has 3 fully saturated rings. The van der Waals surface area contributed by atoms with Gasteiger partial charge in [-0.05, 0) is 104 Å². The van der Waals surface area contributed by atoms with E-state index in [0.29, 0.717) is 62.0 Å². The number of aliphatic carboxylic acids is 1. The number of urea groups is 1. The minimum absolute atomic E-state index is 0.0890. The number of nitrogens with zero attached hydrogens (tertiary/aromatic N) is 3. The highest BCUT2D eigenvalue weighted by molar-refractivity contribution is 7.88. The van der Waals surface area contributed by atoms with Gasteiger partial charge in [-0.15, -0.1) is 11.3 Å². The molecule has 0 spiro atoms. The van der Waals surface area contributed by atoms with Crippen molar-refractivity contribution in [1.82, 2.24) is 14.5 Å². The molecular formula is C47H50ClFN6O11S2. The molecule has 3 aromatic carbocycles. The lowest BCUT2D eigenvalue weighted by Crippen LogP contribution is -2.55. The van der Waals surface area contributed by atoms with E-state index in [2.05, 4.69) is 16.0 Å². The number of ether oxygens (including phenoxy) is 1. The van der Waals surface area contributed by atoms with Gasteiger partial charge in [0.1, 0.15) is 10.8 Å². The van der Waals surface area contributed by atoms with Crippen LogP contribution in [0.15, 0.2) is 60.7 Å². The number of benzene rings is 3. The fourth-order valence-corrected chi connectivity index (χ4v) is 13.3. The maximum absolute atomic E-state index is 15.3. The Morgan fingerprint density at radius 2 is 1.74 bits per heavy atom. The largest absolute Gasteiger partial charge is 0.479 e. The maximum atomic E-state index is 15.3. The molecule has 5 heterocycles. The monoisotopic (exact) mass is 992 g/mol. The highest BCUT2D eigenvalue weighted by Crippen LogP contribution is 2.47. The quantitative estimate of drug-likeness (QED) is 0.0847. The normalized spacial score (nSPS) is 21.0. The Morgan fingerprint density at radius 3 is 2.43 bits per heavy atom. The summed E-state index contributed by atoms with van der Waals surface area (Å²) in [4.78, 5) is 77.4. The van der Waals surface area contributed by atoms with Gasteiger partial charge in [-0.1, -0.05) is 41.9 Å². The number of carbonyl (C=O) groups is 6. The molecule has 68 heavy (non-hydrogen) atoms. The molecule has 4 aliphatic heterocycles. The third kappa shape index (κ3) is 9.90. The molecule has 3 atom stereocenters. The van der Waals surface area contributed by atoms with Gasteiger partial charge in [0.05, 0.1) is 28.2 Å². The number of carboxylic acid groups (broad SMARTS) is 2. The van der Waals surface area contributed by atoms with Crippen LogP contribution in [0.2, 0.25) is 5.02 Å². The molecule has 5 amide bonds. The zero-order chi connectivity index (χ0) is 48.8. The van der Waals surface area contributed by atoms with Crippen molar-refractivity contribution in [3.63, 3.8) is 0 Å². The average molecular weight is 994 g/mol. The van der Waals surface area contributed by atoms with Crippen molar-refractivity contribution in [2.45, 2.75) is 81.5 Å². The van der Waals surface area contributed by atoms with E-state index in [1.807, 2.05) is 18.2 Å². The summed E-state index contributed by atoms with van der Waals surface area (Å²) >= 11 is 7.23. The van der Waals surface area contributed by atoms with Crippen LogP contribution in [0.3, 0.4) is 0 Å². The number of rotatable bonds is 13. The lowest BCUT2D eigenvalue weighted by atomic mass is 9.80. The molecule has 3 saturated heterocycles. The van der Waals surface area contributed by atoms with Gasteiger partial charge in [-0.25, -0.2) is 27.2 Å². The summed E-state index contributed by atoms with van der Waals surface area (Å²) in [6.45, 7) is 3.85. The van der Waals surface area contributed by atoms with Gasteiger partial charge in [0.25, 0.3) is 0 Å². The summed E-state index contributed by atoms with van der Waals surface area (Å²) in [7, 11) is -2.20. The number of hydrogen-bond donors (Lipinski definition) is 5. The van der Waals surface area contributed by atoms with E-state index in [4.69, 9.17) is 21.4 Å². The number of imide groups is 1. The Balaban J connectivity index is 0.859. The number of fused-ring (bicyclic) bond motifs is 1. The number of sulfonamides is 1. The highest BCUT2D eigenvalue weighted by Gasteiger charge is 2.46. The van der Waals surface area contributed by atoms with Gasteiger partial charge in [0.2, 0.25) is 27.7 Å². The van der Waals surface area contributed by atoms with Crippen LogP contribution in [-0.4, -0.2) is 108 Å². The van der Waals surface area contributed by atoms with Crippen LogP contribution in [0.4, 0.5) is 26.2 Å². The highest BCUT2D eigenvalue weighted by atomic mass is 35.5. The van der Waals surface area contributed by atoms with Crippen molar-refractivity contribution in [3.05, 3.63) is 93.1 Å². The fourth-order valence-electron chi connectivity index (χ4n) is 9.90. The summed E-state index contributed by atoms with van der Waals surface area (Å²) in [5.74, 6) is -5.97. The topological polar surface area (TPSA) is 232 Å². The lowest BCUT2D eigenvalue weighted by Gasteiger charge is -2.45. The Morgan fingerprint density at radius 1 is 0.985 bits per heavy atom. The minimum atomic E-state index is -3.89. The molecule has 21 heteroatoms. The first-order valence-corrected chi connectivity index (χ1v) is 24.9. The second-order valence-corrected chi connectivity index (χ2v) is 21.5. The number of carbonyl (C=O) groups excluding carboxylic acids is 4. The first kappa shape index (κ1) is 48.4. The molecule has 0 bridgehead atoms. The molecule has 2 unspecified atom stereocenters. The van der Waals surface area contributed by atoms with Gasteiger partial charge in [-0.2, -0.15) is 4.31 Å². The van der Waals surface area contributed by atoms with E-state index >= 15 is 4.39 Å². The number of anilines is 3. The number of halogens is 2. The Labute approximate surface area is 400 Å². The minimum Gasteiger partial charge on any atom is -0.479 e. The van der Waals surface area contributed by atoms with Gasteiger partial charge < -0.3 is 35.4 Å². The van der Waals surface area contributed by atoms with E-state index in [0.717, 1.165) is 28.2 Å². The summed E-state index contributed by atoms with van der Waals surface area (Å²) in [5.41, 5.74) is 3.04. The Bertz CT molecular complexity index is 2830. The number of piperidine rings is 3. The number of amides is 5. The lowest BCUT2D eigenvalue weighted by molar-refractivity contribution is -0.140. The zero-order valence-corrected chi connectivity index (χ0v) is 39.7. The van der Waals surface area contributed by atoms with Crippen molar-refractivity contribution in [1.29, 1.82) is 0 Å². The first-order valence-electron chi connectivity index (χ1n) is 22.1. The predicted octanol–water partition coefficient (Wildman–Crippen LogP) is 7.08. The molecule has 8 rings (SSSR count). The number of aromatic carboxylic acids is 1. The van der Waals surface area contributed by atoms with Crippen LogP contribution >= 0.6 is 22.9 Å². The zero-order valence-electron chi connectivity index (χ0n) is 37.3. The second-order valence-electron chi connectivity index (χ2n) is 18.2. The van der Waals surface area contributed by atoms with Crippen molar-refractivity contribution >= 4 is 85.7 Å². The van der Waals surface area contributed by atoms with Crippen LogP contribution in [0, 0.1) is 11.7 Å². The van der Waals surface area contributed by atoms with Crippen molar-refractivity contribution in [2.24, 2.45) is 5.92 Å². The molecule has 1 aromatic heterocycles. The molecule has 360 valence electrons. The smallest absolute Gasteiger partial charge is 0.349 e. The summed E-state index contributed by atoms with van der Waals surface area (Å²) in [6.07, 6.45) is 2.51.